The highest BCUT2D eigenvalue weighted by atomic mass is 16.3. The van der Waals surface area contributed by atoms with Gasteiger partial charge in [-0.15, -0.1) is 0 Å². The lowest BCUT2D eigenvalue weighted by Crippen LogP contribution is -2.41. The Morgan fingerprint density at radius 3 is 2.69 bits per heavy atom. The van der Waals surface area contributed by atoms with E-state index in [9.17, 15) is 4.79 Å². The predicted octanol–water partition coefficient (Wildman–Crippen LogP) is 2.81. The second-order valence-corrected chi connectivity index (χ2v) is 8.07. The molecule has 29 heavy (non-hydrogen) atoms. The van der Waals surface area contributed by atoms with Gasteiger partial charge in [-0.1, -0.05) is 19.3 Å². The zero-order chi connectivity index (χ0) is 20.3. The zero-order valence-electron chi connectivity index (χ0n) is 17.8. The summed E-state index contributed by atoms with van der Waals surface area (Å²) in [6, 6.07) is 4.51. The summed E-state index contributed by atoms with van der Waals surface area (Å²) in [7, 11) is 0. The van der Waals surface area contributed by atoms with Crippen LogP contribution in [0.3, 0.4) is 0 Å². The molecule has 1 aromatic rings. The van der Waals surface area contributed by atoms with E-state index in [1.807, 2.05) is 12.1 Å². The third kappa shape index (κ3) is 7.07. The molecule has 0 aromatic carbocycles. The minimum absolute atomic E-state index is 0.130. The third-order valence-electron chi connectivity index (χ3n) is 5.83. The maximum absolute atomic E-state index is 12.2. The Bertz CT molecular complexity index is 619. The van der Waals surface area contributed by atoms with Crippen LogP contribution in [0.1, 0.15) is 70.1 Å². The molecule has 3 rings (SSSR count). The summed E-state index contributed by atoms with van der Waals surface area (Å²) in [6.07, 6.45) is 10.7. The summed E-state index contributed by atoms with van der Waals surface area (Å²) in [5.41, 5.74) is 0. The first-order chi connectivity index (χ1) is 14.3. The average Bonchev–Trinajstić information content (AvgIpc) is 3.44. The predicted molar refractivity (Wildman–Crippen MR) is 116 cm³/mol. The molecule has 3 N–H and O–H groups in total. The van der Waals surface area contributed by atoms with Crippen LogP contribution in [0, 0.1) is 0 Å². The van der Waals surface area contributed by atoms with Gasteiger partial charge in [0.05, 0.1) is 18.8 Å². The molecule has 1 saturated carbocycles. The van der Waals surface area contributed by atoms with Gasteiger partial charge in [0.1, 0.15) is 5.76 Å². The van der Waals surface area contributed by atoms with Crippen LogP contribution < -0.4 is 16.0 Å². The van der Waals surface area contributed by atoms with Crippen LogP contribution in [0.25, 0.3) is 0 Å². The number of carbonyl (C=O) groups is 1. The van der Waals surface area contributed by atoms with Crippen LogP contribution in [0.5, 0.6) is 0 Å². The Morgan fingerprint density at radius 1 is 1.21 bits per heavy atom. The van der Waals surface area contributed by atoms with Gasteiger partial charge in [0.2, 0.25) is 5.91 Å². The Hall–Kier alpha value is -2.02. The molecule has 7 heteroatoms. The molecular weight excluding hydrogens is 366 g/mol. The van der Waals surface area contributed by atoms with Crippen molar-refractivity contribution in [3.63, 3.8) is 0 Å². The summed E-state index contributed by atoms with van der Waals surface area (Å²) in [5.74, 6) is 1.86. The minimum atomic E-state index is 0.130. The molecule has 1 aromatic heterocycles. The molecule has 1 aliphatic carbocycles. The Morgan fingerprint density at radius 2 is 2.00 bits per heavy atom. The fraction of sp³-hybridized carbons (Fsp3) is 0.727. The van der Waals surface area contributed by atoms with Crippen molar-refractivity contribution in [3.05, 3.63) is 24.2 Å². The molecule has 0 bridgehead atoms. The Kier molecular flexibility index (Phi) is 8.86. The molecule has 1 saturated heterocycles. The molecule has 2 fully saturated rings. The number of likely N-dealkylation sites (tertiary alicyclic amines) is 1. The average molecular weight is 404 g/mol. The van der Waals surface area contributed by atoms with E-state index in [0.717, 1.165) is 44.2 Å². The van der Waals surface area contributed by atoms with Gasteiger partial charge < -0.3 is 20.4 Å². The highest BCUT2D eigenvalue weighted by Crippen LogP contribution is 2.25. The zero-order valence-corrected chi connectivity index (χ0v) is 17.8. The van der Waals surface area contributed by atoms with Crippen molar-refractivity contribution < 1.29 is 9.21 Å². The summed E-state index contributed by atoms with van der Waals surface area (Å²) in [4.78, 5) is 19.5. The standard InChI is InChI=1S/C22H37N5O2/c1-2-23-22(24-13-12-21(28)26-18-9-4-3-5-10-18)25-17-19(20-11-8-16-29-20)27-14-6-7-15-27/h8,11,16,18-19H,2-7,9-10,12-15,17H2,1H3,(H,26,28)(H2,23,24,25). The van der Waals surface area contributed by atoms with Gasteiger partial charge in [-0.3, -0.25) is 14.7 Å². The van der Waals surface area contributed by atoms with Gasteiger partial charge in [0.15, 0.2) is 5.96 Å². The van der Waals surface area contributed by atoms with Crippen molar-refractivity contribution >= 4 is 11.9 Å². The van der Waals surface area contributed by atoms with Crippen LogP contribution in [0.15, 0.2) is 27.8 Å². The summed E-state index contributed by atoms with van der Waals surface area (Å²) in [6.45, 7) is 6.24. The first kappa shape index (κ1) is 21.7. The Balaban J connectivity index is 1.48. The third-order valence-corrected chi connectivity index (χ3v) is 5.83. The highest BCUT2D eigenvalue weighted by Gasteiger charge is 2.25. The van der Waals surface area contributed by atoms with Gasteiger partial charge in [-0.05, 0) is 57.8 Å². The maximum atomic E-state index is 12.2. The molecule has 0 spiro atoms. The van der Waals surface area contributed by atoms with Crippen LogP contribution in [0.2, 0.25) is 0 Å². The number of amides is 1. The van der Waals surface area contributed by atoms with Crippen molar-refractivity contribution in [2.75, 3.05) is 32.7 Å². The SMILES string of the molecule is CCNC(=NCC(c1ccco1)N1CCCC1)NCCC(=O)NC1CCCCC1. The van der Waals surface area contributed by atoms with E-state index >= 15 is 0 Å². The number of hydrogen-bond acceptors (Lipinski definition) is 4. The van der Waals surface area contributed by atoms with Gasteiger partial charge in [-0.25, -0.2) is 0 Å². The van der Waals surface area contributed by atoms with Gasteiger partial charge in [0.25, 0.3) is 0 Å². The molecule has 1 amide bonds. The largest absolute Gasteiger partial charge is 0.468 e. The van der Waals surface area contributed by atoms with Crippen molar-refractivity contribution in [2.45, 2.75) is 70.4 Å². The number of nitrogens with zero attached hydrogens (tertiary/aromatic N) is 2. The van der Waals surface area contributed by atoms with Crippen LogP contribution in [-0.2, 0) is 4.79 Å². The quantitative estimate of drug-likeness (QED) is 0.436. The number of nitrogens with one attached hydrogen (secondary N) is 3. The molecule has 1 unspecified atom stereocenters. The molecule has 162 valence electrons. The first-order valence-electron chi connectivity index (χ1n) is 11.3. The molecular formula is C22H37N5O2. The van der Waals surface area contributed by atoms with E-state index in [1.165, 1.54) is 32.1 Å². The van der Waals surface area contributed by atoms with Crippen molar-refractivity contribution in [1.29, 1.82) is 0 Å². The lowest BCUT2D eigenvalue weighted by Gasteiger charge is -2.24. The van der Waals surface area contributed by atoms with Gasteiger partial charge in [0, 0.05) is 25.6 Å². The number of rotatable bonds is 9. The number of aliphatic imine (C=N–C) groups is 1. The fourth-order valence-electron chi connectivity index (χ4n) is 4.28. The first-order valence-corrected chi connectivity index (χ1v) is 11.3. The molecule has 1 aliphatic heterocycles. The minimum Gasteiger partial charge on any atom is -0.468 e. The molecule has 7 nitrogen and oxygen atoms in total. The van der Waals surface area contributed by atoms with E-state index in [1.54, 1.807) is 6.26 Å². The van der Waals surface area contributed by atoms with Crippen LogP contribution >= 0.6 is 0 Å². The van der Waals surface area contributed by atoms with E-state index in [0.29, 0.717) is 25.6 Å². The number of hydrogen-bond donors (Lipinski definition) is 3. The van der Waals surface area contributed by atoms with E-state index in [2.05, 4.69) is 27.8 Å². The summed E-state index contributed by atoms with van der Waals surface area (Å²) in [5, 5.41) is 9.77. The smallest absolute Gasteiger partial charge is 0.221 e. The van der Waals surface area contributed by atoms with E-state index in [-0.39, 0.29) is 11.9 Å². The summed E-state index contributed by atoms with van der Waals surface area (Å²) < 4.78 is 5.68. The maximum Gasteiger partial charge on any atom is 0.221 e. The lowest BCUT2D eigenvalue weighted by molar-refractivity contribution is -0.121. The second-order valence-electron chi connectivity index (χ2n) is 8.07. The van der Waals surface area contributed by atoms with E-state index in [4.69, 9.17) is 9.41 Å². The van der Waals surface area contributed by atoms with Crippen molar-refractivity contribution in [1.82, 2.24) is 20.9 Å². The summed E-state index contributed by atoms with van der Waals surface area (Å²) >= 11 is 0. The Labute approximate surface area is 174 Å². The monoisotopic (exact) mass is 403 g/mol. The number of guanidine groups is 1. The molecule has 2 aliphatic rings. The fourth-order valence-corrected chi connectivity index (χ4v) is 4.28. The van der Waals surface area contributed by atoms with Crippen LogP contribution in [-0.4, -0.2) is 55.5 Å². The topological polar surface area (TPSA) is 81.9 Å². The van der Waals surface area contributed by atoms with Crippen molar-refractivity contribution in [2.24, 2.45) is 4.99 Å². The molecule has 2 heterocycles. The van der Waals surface area contributed by atoms with E-state index < -0.39 is 0 Å². The van der Waals surface area contributed by atoms with Crippen molar-refractivity contribution in [3.8, 4) is 0 Å². The lowest BCUT2D eigenvalue weighted by atomic mass is 9.95. The van der Waals surface area contributed by atoms with Crippen LogP contribution in [0.4, 0.5) is 0 Å². The highest BCUT2D eigenvalue weighted by molar-refractivity contribution is 5.81. The second kappa shape index (κ2) is 11.9. The number of furan rings is 1. The number of carbonyl (C=O) groups excluding carboxylic acids is 1. The van der Waals surface area contributed by atoms with Gasteiger partial charge >= 0.3 is 0 Å². The van der Waals surface area contributed by atoms with Gasteiger partial charge in [-0.2, -0.15) is 0 Å². The molecule has 1 atom stereocenters. The molecule has 0 radical (unpaired) electrons. The normalized spacial score (nSPS) is 19.8.